The first-order valence-corrected chi connectivity index (χ1v) is 7.09. The third-order valence-corrected chi connectivity index (χ3v) is 3.99. The Kier molecular flexibility index (Phi) is 4.85. The van der Waals surface area contributed by atoms with Crippen LogP contribution in [0.25, 0.3) is 0 Å². The molecule has 1 saturated carbocycles. The highest BCUT2D eigenvalue weighted by molar-refractivity contribution is 5.52. The first-order valence-electron chi connectivity index (χ1n) is 7.09. The number of hydrogen-bond acceptors (Lipinski definition) is 3. The maximum Gasteiger partial charge on any atom is 0.237 e. The molecule has 100 valence electrons. The second kappa shape index (κ2) is 6.62. The van der Waals surface area contributed by atoms with Crippen molar-refractivity contribution >= 4 is 5.69 Å². The van der Waals surface area contributed by atoms with Gasteiger partial charge < -0.3 is 10.1 Å². The fraction of sp³-hybridized carbons (Fsp3) is 0.667. The smallest absolute Gasteiger partial charge is 0.237 e. The molecule has 0 bridgehead atoms. The van der Waals surface area contributed by atoms with Crippen LogP contribution in [0.15, 0.2) is 18.3 Å². The largest absolute Gasteiger partial charge is 0.480 e. The Balaban J connectivity index is 1.96. The molecule has 2 rings (SSSR count). The van der Waals surface area contributed by atoms with Gasteiger partial charge in [-0.05, 0) is 37.3 Å². The number of nitrogens with one attached hydrogen (secondary N) is 1. The summed E-state index contributed by atoms with van der Waals surface area (Å²) in [5.74, 6) is 1.63. The van der Waals surface area contributed by atoms with Gasteiger partial charge in [0.05, 0.1) is 12.8 Å². The van der Waals surface area contributed by atoms with Crippen molar-refractivity contribution in [3.05, 3.63) is 18.3 Å². The molecule has 0 amide bonds. The SMILES string of the molecule is CCC1CCCC(Nc2cccnc2OC)CC1. The Morgan fingerprint density at radius 3 is 3.00 bits per heavy atom. The van der Waals surface area contributed by atoms with Crippen LogP contribution in [0.3, 0.4) is 0 Å². The van der Waals surface area contributed by atoms with Gasteiger partial charge in [0.15, 0.2) is 0 Å². The van der Waals surface area contributed by atoms with Crippen LogP contribution in [0.5, 0.6) is 5.88 Å². The quantitative estimate of drug-likeness (QED) is 0.821. The number of hydrogen-bond donors (Lipinski definition) is 1. The highest BCUT2D eigenvalue weighted by Crippen LogP contribution is 2.29. The fourth-order valence-corrected chi connectivity index (χ4v) is 2.81. The standard InChI is InChI=1S/C15H24N2O/c1-3-12-6-4-7-13(10-9-12)17-14-8-5-11-16-15(14)18-2/h5,8,11-13,17H,3-4,6-7,9-10H2,1-2H3. The first-order chi connectivity index (χ1) is 8.83. The van der Waals surface area contributed by atoms with E-state index in [-0.39, 0.29) is 0 Å². The third-order valence-electron chi connectivity index (χ3n) is 3.99. The highest BCUT2D eigenvalue weighted by Gasteiger charge is 2.18. The molecule has 0 radical (unpaired) electrons. The van der Waals surface area contributed by atoms with Crippen LogP contribution in [0.1, 0.15) is 45.4 Å². The number of methoxy groups -OCH3 is 1. The second-order valence-electron chi connectivity index (χ2n) is 5.18. The normalized spacial score (nSPS) is 24.3. The molecule has 1 aliphatic carbocycles. The van der Waals surface area contributed by atoms with Crippen LogP contribution in [0.2, 0.25) is 0 Å². The molecule has 1 aliphatic rings. The maximum atomic E-state index is 5.29. The summed E-state index contributed by atoms with van der Waals surface area (Å²) in [6, 6.07) is 4.57. The minimum absolute atomic E-state index is 0.569. The summed E-state index contributed by atoms with van der Waals surface area (Å²) in [4.78, 5) is 4.23. The molecular formula is C15H24N2O. The molecule has 1 N–H and O–H groups in total. The Morgan fingerprint density at radius 2 is 2.22 bits per heavy atom. The molecule has 1 aromatic heterocycles. The average Bonchev–Trinajstić information content (AvgIpc) is 2.64. The number of anilines is 1. The van der Waals surface area contributed by atoms with E-state index in [9.17, 15) is 0 Å². The van der Waals surface area contributed by atoms with Gasteiger partial charge in [0.25, 0.3) is 0 Å². The van der Waals surface area contributed by atoms with Gasteiger partial charge in [0, 0.05) is 12.2 Å². The molecule has 0 aliphatic heterocycles. The molecule has 0 aromatic carbocycles. The molecule has 1 aromatic rings. The lowest BCUT2D eigenvalue weighted by molar-refractivity contribution is 0.398. The third kappa shape index (κ3) is 3.37. The molecular weight excluding hydrogens is 224 g/mol. The molecule has 3 nitrogen and oxygen atoms in total. The monoisotopic (exact) mass is 248 g/mol. The molecule has 0 spiro atoms. The van der Waals surface area contributed by atoms with Gasteiger partial charge in [-0.2, -0.15) is 0 Å². The second-order valence-corrected chi connectivity index (χ2v) is 5.18. The van der Waals surface area contributed by atoms with Crippen LogP contribution >= 0.6 is 0 Å². The van der Waals surface area contributed by atoms with Gasteiger partial charge in [-0.15, -0.1) is 0 Å². The Morgan fingerprint density at radius 1 is 1.33 bits per heavy atom. The van der Waals surface area contributed by atoms with Crippen molar-refractivity contribution in [3.8, 4) is 5.88 Å². The molecule has 3 heteroatoms. The number of pyridine rings is 1. The predicted molar refractivity (Wildman–Crippen MR) is 75.1 cm³/mol. The van der Waals surface area contributed by atoms with Crippen LogP contribution in [-0.4, -0.2) is 18.1 Å². The van der Waals surface area contributed by atoms with Gasteiger partial charge in [0.1, 0.15) is 0 Å². The Labute approximate surface area is 110 Å². The van der Waals surface area contributed by atoms with E-state index in [1.54, 1.807) is 13.3 Å². The average molecular weight is 248 g/mol. The topological polar surface area (TPSA) is 34.2 Å². The van der Waals surface area contributed by atoms with Crippen molar-refractivity contribution < 1.29 is 4.74 Å². The van der Waals surface area contributed by atoms with E-state index in [0.29, 0.717) is 11.9 Å². The summed E-state index contributed by atoms with van der Waals surface area (Å²) in [6.07, 6.45) is 9.67. The number of rotatable bonds is 4. The van der Waals surface area contributed by atoms with E-state index in [2.05, 4.69) is 17.2 Å². The maximum absolute atomic E-state index is 5.29. The van der Waals surface area contributed by atoms with Gasteiger partial charge in [0.2, 0.25) is 5.88 Å². The van der Waals surface area contributed by atoms with Crippen molar-refractivity contribution in [2.75, 3.05) is 12.4 Å². The summed E-state index contributed by atoms with van der Waals surface area (Å²) in [5.41, 5.74) is 1.03. The minimum Gasteiger partial charge on any atom is -0.480 e. The van der Waals surface area contributed by atoms with Gasteiger partial charge in [-0.1, -0.05) is 26.2 Å². The van der Waals surface area contributed by atoms with Crippen molar-refractivity contribution in [1.29, 1.82) is 0 Å². The first kappa shape index (κ1) is 13.2. The van der Waals surface area contributed by atoms with E-state index in [0.717, 1.165) is 11.6 Å². The Hall–Kier alpha value is -1.25. The van der Waals surface area contributed by atoms with Crippen molar-refractivity contribution in [2.24, 2.45) is 5.92 Å². The molecule has 1 heterocycles. The summed E-state index contributed by atoms with van der Waals surface area (Å²) in [7, 11) is 1.67. The molecule has 0 saturated heterocycles. The highest BCUT2D eigenvalue weighted by atomic mass is 16.5. The van der Waals surface area contributed by atoms with E-state index < -0.39 is 0 Å². The number of ether oxygens (including phenoxy) is 1. The summed E-state index contributed by atoms with van der Waals surface area (Å²) in [6.45, 7) is 2.31. The van der Waals surface area contributed by atoms with E-state index in [1.165, 1.54) is 38.5 Å². The van der Waals surface area contributed by atoms with Crippen molar-refractivity contribution in [1.82, 2.24) is 4.98 Å². The summed E-state index contributed by atoms with van der Waals surface area (Å²) < 4.78 is 5.29. The molecule has 2 atom stereocenters. The van der Waals surface area contributed by atoms with Crippen molar-refractivity contribution in [2.45, 2.75) is 51.5 Å². The molecule has 18 heavy (non-hydrogen) atoms. The number of nitrogens with zero attached hydrogens (tertiary/aromatic N) is 1. The predicted octanol–water partition coefficient (Wildman–Crippen LogP) is 3.86. The van der Waals surface area contributed by atoms with Gasteiger partial charge in [-0.3, -0.25) is 0 Å². The molecule has 1 fully saturated rings. The fourth-order valence-electron chi connectivity index (χ4n) is 2.81. The minimum atomic E-state index is 0.569. The van der Waals surface area contributed by atoms with Crippen molar-refractivity contribution in [3.63, 3.8) is 0 Å². The van der Waals surface area contributed by atoms with Crippen LogP contribution in [0, 0.1) is 5.92 Å². The van der Waals surface area contributed by atoms with Gasteiger partial charge in [-0.25, -0.2) is 4.98 Å². The Bertz CT molecular complexity index is 367. The van der Waals surface area contributed by atoms with Gasteiger partial charge >= 0.3 is 0 Å². The lowest BCUT2D eigenvalue weighted by Gasteiger charge is -2.19. The number of aromatic nitrogens is 1. The molecule has 2 unspecified atom stereocenters. The van der Waals surface area contributed by atoms with E-state index in [1.807, 2.05) is 12.1 Å². The zero-order valence-corrected chi connectivity index (χ0v) is 11.5. The zero-order valence-electron chi connectivity index (χ0n) is 11.5. The lowest BCUT2D eigenvalue weighted by atomic mass is 9.98. The van der Waals surface area contributed by atoms with Crippen LogP contribution in [-0.2, 0) is 0 Å². The zero-order chi connectivity index (χ0) is 12.8. The summed E-state index contributed by atoms with van der Waals surface area (Å²) in [5, 5.41) is 3.60. The lowest BCUT2D eigenvalue weighted by Crippen LogP contribution is -2.19. The van der Waals surface area contributed by atoms with E-state index in [4.69, 9.17) is 4.74 Å². The van der Waals surface area contributed by atoms with Crippen LogP contribution in [0.4, 0.5) is 5.69 Å². The summed E-state index contributed by atoms with van der Waals surface area (Å²) >= 11 is 0. The van der Waals surface area contributed by atoms with Crippen LogP contribution < -0.4 is 10.1 Å². The van der Waals surface area contributed by atoms with E-state index >= 15 is 0 Å².